The molecular formula is C15H23NO2. The quantitative estimate of drug-likeness (QED) is 0.753. The van der Waals surface area contributed by atoms with Crippen LogP contribution in [-0.2, 0) is 11.3 Å². The number of hydrogen-bond acceptors (Lipinski definition) is 3. The summed E-state index contributed by atoms with van der Waals surface area (Å²) in [7, 11) is 1.69. The van der Waals surface area contributed by atoms with E-state index in [9.17, 15) is 0 Å². The number of ether oxygens (including phenoxy) is 2. The molecule has 1 N–H and O–H groups in total. The van der Waals surface area contributed by atoms with Crippen molar-refractivity contribution in [3.63, 3.8) is 0 Å². The van der Waals surface area contributed by atoms with Crippen molar-refractivity contribution in [3.8, 4) is 5.75 Å². The maximum absolute atomic E-state index is 5.76. The topological polar surface area (TPSA) is 30.5 Å². The van der Waals surface area contributed by atoms with Gasteiger partial charge in [-0.2, -0.15) is 0 Å². The number of hydrogen-bond donors (Lipinski definition) is 1. The molecule has 1 aromatic rings. The molecule has 0 radical (unpaired) electrons. The maximum Gasteiger partial charge on any atom is 0.125 e. The molecule has 100 valence electrons. The Kier molecular flexibility index (Phi) is 4.61. The van der Waals surface area contributed by atoms with Crippen molar-refractivity contribution in [1.82, 2.24) is 5.32 Å². The lowest BCUT2D eigenvalue weighted by Crippen LogP contribution is -2.15. The fourth-order valence-electron chi connectivity index (χ4n) is 2.15. The van der Waals surface area contributed by atoms with Crippen LogP contribution in [0.5, 0.6) is 5.75 Å². The van der Waals surface area contributed by atoms with Crippen molar-refractivity contribution in [2.24, 2.45) is 0 Å². The van der Waals surface area contributed by atoms with E-state index in [1.165, 1.54) is 29.5 Å². The van der Waals surface area contributed by atoms with Gasteiger partial charge in [0, 0.05) is 19.7 Å². The molecule has 1 aliphatic carbocycles. The first-order valence-corrected chi connectivity index (χ1v) is 6.66. The van der Waals surface area contributed by atoms with Crippen LogP contribution < -0.4 is 10.1 Å². The molecule has 0 saturated heterocycles. The second kappa shape index (κ2) is 6.21. The Morgan fingerprint density at radius 2 is 1.83 bits per heavy atom. The van der Waals surface area contributed by atoms with Gasteiger partial charge in [-0.1, -0.05) is 12.1 Å². The van der Waals surface area contributed by atoms with Gasteiger partial charge in [-0.3, -0.25) is 0 Å². The highest BCUT2D eigenvalue weighted by Crippen LogP contribution is 2.25. The van der Waals surface area contributed by atoms with Crippen LogP contribution in [-0.4, -0.2) is 26.4 Å². The highest BCUT2D eigenvalue weighted by molar-refractivity contribution is 5.43. The molecule has 0 unspecified atom stereocenters. The molecule has 1 fully saturated rings. The summed E-state index contributed by atoms with van der Waals surface area (Å²) in [5.74, 6) is 1.00. The molecule has 3 nitrogen and oxygen atoms in total. The van der Waals surface area contributed by atoms with E-state index in [0.29, 0.717) is 13.2 Å². The average molecular weight is 249 g/mol. The van der Waals surface area contributed by atoms with E-state index in [2.05, 4.69) is 31.3 Å². The fraction of sp³-hybridized carbons (Fsp3) is 0.600. The minimum Gasteiger partial charge on any atom is -0.491 e. The lowest BCUT2D eigenvalue weighted by Gasteiger charge is -2.14. The Hall–Kier alpha value is -1.06. The van der Waals surface area contributed by atoms with Gasteiger partial charge in [0.2, 0.25) is 0 Å². The van der Waals surface area contributed by atoms with Gasteiger partial charge in [0.05, 0.1) is 6.61 Å². The smallest absolute Gasteiger partial charge is 0.125 e. The molecule has 0 aromatic heterocycles. The predicted octanol–water partition coefficient (Wildman–Crippen LogP) is 2.58. The van der Waals surface area contributed by atoms with Crippen LogP contribution in [0.1, 0.15) is 29.5 Å². The second-order valence-corrected chi connectivity index (χ2v) is 5.06. The summed E-state index contributed by atoms with van der Waals surface area (Å²) in [6.07, 6.45) is 2.66. The van der Waals surface area contributed by atoms with Crippen molar-refractivity contribution >= 4 is 0 Å². The number of rotatable bonds is 7. The van der Waals surface area contributed by atoms with Gasteiger partial charge in [0.25, 0.3) is 0 Å². The molecule has 0 bridgehead atoms. The molecule has 1 aliphatic rings. The van der Waals surface area contributed by atoms with Gasteiger partial charge in [0.15, 0.2) is 0 Å². The average Bonchev–Trinajstić information content (AvgIpc) is 3.14. The number of methoxy groups -OCH3 is 1. The Labute approximate surface area is 109 Å². The third-order valence-corrected chi connectivity index (χ3v) is 3.23. The van der Waals surface area contributed by atoms with E-state index >= 15 is 0 Å². The highest BCUT2D eigenvalue weighted by Gasteiger charge is 2.20. The summed E-state index contributed by atoms with van der Waals surface area (Å²) >= 11 is 0. The van der Waals surface area contributed by atoms with E-state index in [1.807, 2.05) is 0 Å². The second-order valence-electron chi connectivity index (χ2n) is 5.06. The lowest BCUT2D eigenvalue weighted by molar-refractivity contribution is 0.145. The SMILES string of the molecule is COCCOc1c(C)cc(CNC2CC2)cc1C. The maximum atomic E-state index is 5.76. The van der Waals surface area contributed by atoms with Gasteiger partial charge in [0.1, 0.15) is 12.4 Å². The zero-order chi connectivity index (χ0) is 13.0. The predicted molar refractivity (Wildman–Crippen MR) is 73.1 cm³/mol. The number of nitrogens with one attached hydrogen (secondary N) is 1. The van der Waals surface area contributed by atoms with Crippen LogP contribution in [0.25, 0.3) is 0 Å². The lowest BCUT2D eigenvalue weighted by atomic mass is 10.1. The number of benzene rings is 1. The molecule has 0 amide bonds. The van der Waals surface area contributed by atoms with Crippen LogP contribution in [0, 0.1) is 13.8 Å². The summed E-state index contributed by atoms with van der Waals surface area (Å²) in [5.41, 5.74) is 3.76. The van der Waals surface area contributed by atoms with Crippen molar-refractivity contribution in [2.45, 2.75) is 39.3 Å². The van der Waals surface area contributed by atoms with Gasteiger partial charge >= 0.3 is 0 Å². The van der Waals surface area contributed by atoms with Crippen LogP contribution in [0.2, 0.25) is 0 Å². The van der Waals surface area contributed by atoms with Crippen molar-refractivity contribution in [3.05, 3.63) is 28.8 Å². The fourth-order valence-corrected chi connectivity index (χ4v) is 2.15. The van der Waals surface area contributed by atoms with Crippen molar-refractivity contribution < 1.29 is 9.47 Å². The largest absolute Gasteiger partial charge is 0.491 e. The van der Waals surface area contributed by atoms with Gasteiger partial charge < -0.3 is 14.8 Å². The normalized spacial score (nSPS) is 14.8. The summed E-state index contributed by atoms with van der Waals surface area (Å²) in [5, 5.41) is 3.54. The Morgan fingerprint density at radius 1 is 1.17 bits per heavy atom. The Bertz CT molecular complexity index is 376. The Morgan fingerprint density at radius 3 is 2.39 bits per heavy atom. The standard InChI is InChI=1S/C15H23NO2/c1-11-8-13(10-16-14-4-5-14)9-12(2)15(11)18-7-6-17-3/h8-9,14,16H,4-7,10H2,1-3H3. The molecule has 2 rings (SSSR count). The molecular weight excluding hydrogens is 226 g/mol. The van der Waals surface area contributed by atoms with Gasteiger partial charge in [-0.05, 0) is 43.4 Å². The summed E-state index contributed by atoms with van der Waals surface area (Å²) in [6.45, 7) is 6.41. The molecule has 0 spiro atoms. The summed E-state index contributed by atoms with van der Waals surface area (Å²) < 4.78 is 10.8. The van der Waals surface area contributed by atoms with Gasteiger partial charge in [-0.25, -0.2) is 0 Å². The molecule has 0 atom stereocenters. The van der Waals surface area contributed by atoms with Crippen molar-refractivity contribution in [2.75, 3.05) is 20.3 Å². The zero-order valence-corrected chi connectivity index (χ0v) is 11.6. The van der Waals surface area contributed by atoms with E-state index < -0.39 is 0 Å². The van der Waals surface area contributed by atoms with Crippen LogP contribution in [0.3, 0.4) is 0 Å². The number of aryl methyl sites for hydroxylation is 2. The van der Waals surface area contributed by atoms with Crippen LogP contribution >= 0.6 is 0 Å². The third-order valence-electron chi connectivity index (χ3n) is 3.23. The first-order valence-electron chi connectivity index (χ1n) is 6.66. The summed E-state index contributed by atoms with van der Waals surface area (Å²) in [4.78, 5) is 0. The Balaban J connectivity index is 1.97. The zero-order valence-electron chi connectivity index (χ0n) is 11.6. The van der Waals surface area contributed by atoms with Crippen LogP contribution in [0.4, 0.5) is 0 Å². The first-order chi connectivity index (χ1) is 8.70. The first kappa shape index (κ1) is 13.4. The molecule has 1 aromatic carbocycles. The minimum absolute atomic E-state index is 0.609. The molecule has 0 heterocycles. The van der Waals surface area contributed by atoms with E-state index in [1.54, 1.807) is 7.11 Å². The molecule has 3 heteroatoms. The van der Waals surface area contributed by atoms with E-state index in [0.717, 1.165) is 18.3 Å². The third kappa shape index (κ3) is 3.72. The molecule has 1 saturated carbocycles. The molecule has 18 heavy (non-hydrogen) atoms. The summed E-state index contributed by atoms with van der Waals surface area (Å²) in [6, 6.07) is 5.18. The molecule has 0 aliphatic heterocycles. The van der Waals surface area contributed by atoms with E-state index in [-0.39, 0.29) is 0 Å². The minimum atomic E-state index is 0.609. The van der Waals surface area contributed by atoms with E-state index in [4.69, 9.17) is 9.47 Å². The van der Waals surface area contributed by atoms with Gasteiger partial charge in [-0.15, -0.1) is 0 Å². The van der Waals surface area contributed by atoms with Crippen LogP contribution in [0.15, 0.2) is 12.1 Å². The highest BCUT2D eigenvalue weighted by atomic mass is 16.5. The van der Waals surface area contributed by atoms with Crippen molar-refractivity contribution in [1.29, 1.82) is 0 Å². The monoisotopic (exact) mass is 249 g/mol.